The lowest BCUT2D eigenvalue weighted by Gasteiger charge is -2.18. The first-order valence-corrected chi connectivity index (χ1v) is 8.84. The van der Waals surface area contributed by atoms with Gasteiger partial charge in [-0.1, -0.05) is 12.1 Å². The smallest absolute Gasteiger partial charge is 0.316 e. The minimum absolute atomic E-state index is 0.113. The van der Waals surface area contributed by atoms with E-state index in [1.165, 1.54) is 19.2 Å². The topological polar surface area (TPSA) is 74.6 Å². The highest BCUT2D eigenvalue weighted by atomic mass is 19.1. The molecule has 0 aliphatic carbocycles. The van der Waals surface area contributed by atoms with Gasteiger partial charge in [0.2, 0.25) is 11.7 Å². The molecule has 0 atom stereocenters. The Balaban J connectivity index is 2.03. The highest BCUT2D eigenvalue weighted by Gasteiger charge is 2.14. The number of hydrogen-bond donors (Lipinski definition) is 1. The molecule has 0 aliphatic heterocycles. The molecule has 0 aliphatic rings. The van der Waals surface area contributed by atoms with E-state index in [-0.39, 0.29) is 11.6 Å². The molecule has 0 amide bonds. The fourth-order valence-electron chi connectivity index (χ4n) is 2.86. The van der Waals surface area contributed by atoms with E-state index in [0.717, 1.165) is 11.1 Å². The van der Waals surface area contributed by atoms with E-state index in [4.69, 9.17) is 14.2 Å². The summed E-state index contributed by atoms with van der Waals surface area (Å²) in [6, 6.07) is 9.71. The Kier molecular flexibility index (Phi) is 6.01. The molecular weight excluding hydrogens is 377 g/mol. The minimum Gasteiger partial charge on any atom is -0.493 e. The van der Waals surface area contributed by atoms with E-state index >= 15 is 0 Å². The van der Waals surface area contributed by atoms with Gasteiger partial charge in [-0.3, -0.25) is 4.79 Å². The maximum Gasteiger partial charge on any atom is 0.316 e. The summed E-state index contributed by atoms with van der Waals surface area (Å²) < 4.78 is 30.7. The highest BCUT2D eigenvalue weighted by Crippen LogP contribution is 2.34. The van der Waals surface area contributed by atoms with Crippen LogP contribution in [0.25, 0.3) is 0 Å². The van der Waals surface area contributed by atoms with E-state index in [1.54, 1.807) is 43.2 Å². The fourth-order valence-corrected chi connectivity index (χ4v) is 2.86. The fraction of sp³-hybridized carbons (Fsp3) is 0.238. The predicted octanol–water partition coefficient (Wildman–Crippen LogP) is 3.51. The first-order valence-electron chi connectivity index (χ1n) is 8.84. The van der Waals surface area contributed by atoms with Gasteiger partial charge in [0.1, 0.15) is 5.82 Å². The maximum atomic E-state index is 13.2. The van der Waals surface area contributed by atoms with Gasteiger partial charge in [-0.15, -0.1) is 0 Å². The van der Waals surface area contributed by atoms with Gasteiger partial charge in [-0.05, 0) is 36.2 Å². The standard InChI is InChI=1S/C21H22FN3O4/c1-13-9-17(27-2)18(28-3)10-16(13)23-21-24-20(26)19(29-4)12-25(21)11-14-5-7-15(22)8-6-14/h5-10,12H,11H2,1-4H3,(H,23,24,26). The summed E-state index contributed by atoms with van der Waals surface area (Å²) in [5, 5.41) is 3.18. The predicted molar refractivity (Wildman–Crippen MR) is 108 cm³/mol. The zero-order valence-corrected chi connectivity index (χ0v) is 16.7. The van der Waals surface area contributed by atoms with Gasteiger partial charge in [-0.25, -0.2) is 4.39 Å². The van der Waals surface area contributed by atoms with E-state index in [0.29, 0.717) is 29.7 Å². The van der Waals surface area contributed by atoms with Crippen LogP contribution in [0.15, 0.2) is 47.4 Å². The van der Waals surface area contributed by atoms with Gasteiger partial charge in [0.15, 0.2) is 11.5 Å². The normalized spacial score (nSPS) is 10.5. The molecule has 1 aromatic heterocycles. The van der Waals surface area contributed by atoms with E-state index in [9.17, 15) is 9.18 Å². The number of benzene rings is 2. The Bertz CT molecular complexity index is 1060. The lowest BCUT2D eigenvalue weighted by atomic mass is 10.1. The molecule has 1 N–H and O–H groups in total. The van der Waals surface area contributed by atoms with Gasteiger partial charge in [0, 0.05) is 11.8 Å². The van der Waals surface area contributed by atoms with Gasteiger partial charge in [0.05, 0.1) is 34.1 Å². The molecule has 3 rings (SSSR count). The quantitative estimate of drug-likeness (QED) is 0.655. The van der Waals surface area contributed by atoms with Crippen LogP contribution in [0.1, 0.15) is 11.1 Å². The van der Waals surface area contributed by atoms with Crippen molar-refractivity contribution in [3.8, 4) is 17.2 Å². The van der Waals surface area contributed by atoms with Crippen molar-refractivity contribution < 1.29 is 18.6 Å². The maximum absolute atomic E-state index is 13.2. The summed E-state index contributed by atoms with van der Waals surface area (Å²) in [7, 11) is 4.52. The third kappa shape index (κ3) is 4.48. The molecule has 0 spiro atoms. The van der Waals surface area contributed by atoms with Crippen LogP contribution in [0, 0.1) is 12.7 Å². The first-order chi connectivity index (χ1) is 13.9. The third-order valence-electron chi connectivity index (χ3n) is 4.43. The van der Waals surface area contributed by atoms with E-state index in [2.05, 4.69) is 10.3 Å². The number of halogens is 1. The second-order valence-electron chi connectivity index (χ2n) is 6.34. The van der Waals surface area contributed by atoms with Gasteiger partial charge < -0.3 is 24.1 Å². The van der Waals surface area contributed by atoms with Crippen molar-refractivity contribution in [1.82, 2.24) is 9.55 Å². The number of ether oxygens (including phenoxy) is 3. The zero-order chi connectivity index (χ0) is 21.0. The average molecular weight is 399 g/mol. The first kappa shape index (κ1) is 20.2. The number of rotatable bonds is 7. The average Bonchev–Trinajstić information content (AvgIpc) is 2.72. The van der Waals surface area contributed by atoms with Crippen LogP contribution >= 0.6 is 0 Å². The van der Waals surface area contributed by atoms with Crippen molar-refractivity contribution >= 4 is 11.6 Å². The van der Waals surface area contributed by atoms with Gasteiger partial charge in [-0.2, -0.15) is 4.98 Å². The molecular formula is C21H22FN3O4. The molecule has 8 heteroatoms. The number of nitrogens with one attached hydrogen (secondary N) is 1. The minimum atomic E-state index is -0.497. The molecule has 0 unspecified atom stereocenters. The van der Waals surface area contributed by atoms with E-state index in [1.807, 2.05) is 13.0 Å². The van der Waals surface area contributed by atoms with Crippen molar-refractivity contribution in [2.75, 3.05) is 26.6 Å². The van der Waals surface area contributed by atoms with Crippen molar-refractivity contribution in [2.24, 2.45) is 0 Å². The van der Waals surface area contributed by atoms with Crippen LogP contribution < -0.4 is 25.1 Å². The second-order valence-corrected chi connectivity index (χ2v) is 6.34. The van der Waals surface area contributed by atoms with Crippen LogP contribution in [0.3, 0.4) is 0 Å². The Labute approximate surface area is 167 Å². The number of aryl methyl sites for hydroxylation is 1. The summed E-state index contributed by atoms with van der Waals surface area (Å²) in [6.07, 6.45) is 1.57. The molecule has 2 aromatic carbocycles. The molecule has 7 nitrogen and oxygen atoms in total. The molecule has 0 fully saturated rings. The number of anilines is 2. The molecule has 0 radical (unpaired) electrons. The van der Waals surface area contributed by atoms with Crippen molar-refractivity contribution in [3.05, 3.63) is 69.9 Å². The lowest BCUT2D eigenvalue weighted by Crippen LogP contribution is -2.19. The van der Waals surface area contributed by atoms with E-state index < -0.39 is 5.56 Å². The lowest BCUT2D eigenvalue weighted by molar-refractivity contribution is 0.355. The Morgan fingerprint density at radius 1 is 1.00 bits per heavy atom. The highest BCUT2D eigenvalue weighted by molar-refractivity contribution is 5.64. The van der Waals surface area contributed by atoms with Crippen LogP contribution in [0.4, 0.5) is 16.0 Å². The van der Waals surface area contributed by atoms with Crippen LogP contribution in [-0.4, -0.2) is 30.9 Å². The van der Waals surface area contributed by atoms with Crippen LogP contribution in [0.5, 0.6) is 17.2 Å². The zero-order valence-electron chi connectivity index (χ0n) is 16.7. The molecule has 3 aromatic rings. The van der Waals surface area contributed by atoms with Crippen molar-refractivity contribution in [2.45, 2.75) is 13.5 Å². The molecule has 152 valence electrons. The summed E-state index contributed by atoms with van der Waals surface area (Å²) in [4.78, 5) is 16.4. The number of hydrogen-bond acceptors (Lipinski definition) is 6. The Morgan fingerprint density at radius 3 is 2.24 bits per heavy atom. The summed E-state index contributed by atoms with van der Waals surface area (Å²) >= 11 is 0. The monoisotopic (exact) mass is 399 g/mol. The Morgan fingerprint density at radius 2 is 1.62 bits per heavy atom. The number of nitrogens with zero attached hydrogens (tertiary/aromatic N) is 2. The number of aromatic nitrogens is 2. The molecule has 0 saturated carbocycles. The second kappa shape index (κ2) is 8.64. The molecule has 0 saturated heterocycles. The Hall–Kier alpha value is -3.55. The third-order valence-corrected chi connectivity index (χ3v) is 4.43. The molecule has 1 heterocycles. The molecule has 0 bridgehead atoms. The summed E-state index contributed by atoms with van der Waals surface area (Å²) in [5.74, 6) is 1.25. The van der Waals surface area contributed by atoms with Gasteiger partial charge in [0.25, 0.3) is 0 Å². The van der Waals surface area contributed by atoms with Crippen LogP contribution in [-0.2, 0) is 6.54 Å². The van der Waals surface area contributed by atoms with Gasteiger partial charge >= 0.3 is 5.56 Å². The van der Waals surface area contributed by atoms with Crippen molar-refractivity contribution in [3.63, 3.8) is 0 Å². The van der Waals surface area contributed by atoms with Crippen molar-refractivity contribution in [1.29, 1.82) is 0 Å². The summed E-state index contributed by atoms with van der Waals surface area (Å²) in [5.41, 5.74) is 1.92. The number of methoxy groups -OCH3 is 3. The summed E-state index contributed by atoms with van der Waals surface area (Å²) in [6.45, 7) is 2.26. The SMILES string of the molecule is COc1cc(C)c(Nc2nc(=O)c(OC)cn2Cc2ccc(F)cc2)cc1OC. The molecule has 29 heavy (non-hydrogen) atoms. The van der Waals surface area contributed by atoms with Crippen LogP contribution in [0.2, 0.25) is 0 Å². The largest absolute Gasteiger partial charge is 0.493 e.